The first kappa shape index (κ1) is 12.2. The van der Waals surface area contributed by atoms with Crippen molar-refractivity contribution >= 4 is 11.6 Å². The van der Waals surface area contributed by atoms with E-state index in [9.17, 15) is 0 Å². The molecule has 1 saturated carbocycles. The minimum Gasteiger partial charge on any atom is -0.0622 e. The van der Waals surface area contributed by atoms with Gasteiger partial charge in [-0.3, -0.25) is 0 Å². The molecule has 0 atom stereocenters. The van der Waals surface area contributed by atoms with Gasteiger partial charge in [0.15, 0.2) is 0 Å². The van der Waals surface area contributed by atoms with Crippen LogP contribution in [0.4, 0.5) is 0 Å². The first-order chi connectivity index (χ1) is 9.43. The van der Waals surface area contributed by atoms with Crippen LogP contribution in [0.15, 0.2) is 60.7 Å². The largest absolute Gasteiger partial charge is 0.0622 e. The average molecular weight is 248 g/mol. The Morgan fingerprint density at radius 1 is 0.789 bits per heavy atom. The van der Waals surface area contributed by atoms with Crippen LogP contribution in [0, 0.1) is 5.92 Å². The van der Waals surface area contributed by atoms with E-state index >= 15 is 0 Å². The van der Waals surface area contributed by atoms with Gasteiger partial charge in [-0.15, -0.1) is 0 Å². The summed E-state index contributed by atoms with van der Waals surface area (Å²) < 4.78 is 0. The van der Waals surface area contributed by atoms with Crippen molar-refractivity contribution in [3.05, 3.63) is 71.8 Å². The van der Waals surface area contributed by atoms with Crippen LogP contribution in [0.1, 0.15) is 36.8 Å². The second kappa shape index (κ2) is 5.88. The molecular formula is C19H20. The minimum atomic E-state index is 0.739. The SMILES string of the molecule is C(=C(\c1ccccc1)C1CCCC1)/c1ccccc1. The second-order valence-electron chi connectivity index (χ2n) is 5.36. The number of rotatable bonds is 3. The summed E-state index contributed by atoms with van der Waals surface area (Å²) in [7, 11) is 0. The van der Waals surface area contributed by atoms with E-state index in [2.05, 4.69) is 66.7 Å². The van der Waals surface area contributed by atoms with Crippen molar-refractivity contribution in [2.45, 2.75) is 25.7 Å². The highest BCUT2D eigenvalue weighted by Gasteiger charge is 2.20. The van der Waals surface area contributed by atoms with Gasteiger partial charge in [-0.05, 0) is 35.5 Å². The van der Waals surface area contributed by atoms with Gasteiger partial charge in [0.2, 0.25) is 0 Å². The van der Waals surface area contributed by atoms with E-state index in [1.54, 1.807) is 0 Å². The molecule has 2 aromatic rings. The zero-order chi connectivity index (χ0) is 12.9. The Morgan fingerprint density at radius 3 is 2.00 bits per heavy atom. The van der Waals surface area contributed by atoms with E-state index < -0.39 is 0 Å². The van der Waals surface area contributed by atoms with E-state index in [1.165, 1.54) is 42.4 Å². The normalized spacial score (nSPS) is 16.7. The fourth-order valence-electron chi connectivity index (χ4n) is 3.03. The molecule has 0 heterocycles. The molecule has 0 heteroatoms. The molecule has 0 N–H and O–H groups in total. The summed E-state index contributed by atoms with van der Waals surface area (Å²) in [5, 5.41) is 0. The molecule has 19 heavy (non-hydrogen) atoms. The van der Waals surface area contributed by atoms with Crippen LogP contribution in [0.25, 0.3) is 11.6 Å². The Kier molecular flexibility index (Phi) is 3.78. The van der Waals surface area contributed by atoms with Gasteiger partial charge in [0.25, 0.3) is 0 Å². The first-order valence-electron chi connectivity index (χ1n) is 7.25. The maximum atomic E-state index is 2.38. The summed E-state index contributed by atoms with van der Waals surface area (Å²) in [4.78, 5) is 0. The Balaban J connectivity index is 1.99. The highest BCUT2D eigenvalue weighted by atomic mass is 14.2. The Bertz CT molecular complexity index is 531. The number of benzene rings is 2. The molecule has 1 aliphatic carbocycles. The molecule has 1 fully saturated rings. The smallest absolute Gasteiger partial charge is 0.0156 e. The van der Waals surface area contributed by atoms with Crippen molar-refractivity contribution in [1.82, 2.24) is 0 Å². The van der Waals surface area contributed by atoms with E-state index in [0.29, 0.717) is 0 Å². The zero-order valence-corrected chi connectivity index (χ0v) is 11.3. The summed E-state index contributed by atoms with van der Waals surface area (Å²) in [5.74, 6) is 0.739. The van der Waals surface area contributed by atoms with Gasteiger partial charge < -0.3 is 0 Å². The van der Waals surface area contributed by atoms with E-state index in [1.807, 2.05) is 0 Å². The quantitative estimate of drug-likeness (QED) is 0.636. The Labute approximate surface area is 115 Å². The van der Waals surface area contributed by atoms with Crippen molar-refractivity contribution < 1.29 is 0 Å². The van der Waals surface area contributed by atoms with Crippen LogP contribution in [0.5, 0.6) is 0 Å². The third-order valence-electron chi connectivity index (χ3n) is 4.02. The molecule has 0 bridgehead atoms. The molecule has 3 rings (SSSR count). The van der Waals surface area contributed by atoms with Gasteiger partial charge in [0.1, 0.15) is 0 Å². The van der Waals surface area contributed by atoms with Gasteiger partial charge in [0, 0.05) is 0 Å². The fourth-order valence-corrected chi connectivity index (χ4v) is 3.03. The standard InChI is InChI=1S/C19H20/c1-3-9-16(10-4-1)15-19(18-13-7-8-14-18)17-11-5-2-6-12-17/h1-6,9-12,15,18H,7-8,13-14H2/b19-15-. The Morgan fingerprint density at radius 2 is 1.37 bits per heavy atom. The molecule has 0 radical (unpaired) electrons. The first-order valence-corrected chi connectivity index (χ1v) is 7.25. The van der Waals surface area contributed by atoms with E-state index in [0.717, 1.165) is 5.92 Å². The van der Waals surface area contributed by atoms with Crippen LogP contribution in [-0.2, 0) is 0 Å². The molecule has 0 unspecified atom stereocenters. The lowest BCUT2D eigenvalue weighted by Crippen LogP contribution is -1.98. The van der Waals surface area contributed by atoms with Gasteiger partial charge >= 0.3 is 0 Å². The van der Waals surface area contributed by atoms with Crippen LogP contribution in [-0.4, -0.2) is 0 Å². The van der Waals surface area contributed by atoms with Crippen LogP contribution in [0.2, 0.25) is 0 Å². The molecule has 1 aliphatic rings. The minimum absolute atomic E-state index is 0.739. The number of allylic oxidation sites excluding steroid dienone is 1. The highest BCUT2D eigenvalue weighted by Crippen LogP contribution is 2.37. The predicted octanol–water partition coefficient (Wildman–Crippen LogP) is 5.42. The van der Waals surface area contributed by atoms with Crippen molar-refractivity contribution in [3.8, 4) is 0 Å². The maximum absolute atomic E-state index is 2.38. The molecule has 0 amide bonds. The highest BCUT2D eigenvalue weighted by molar-refractivity contribution is 5.82. The summed E-state index contributed by atoms with van der Waals surface area (Å²) in [6, 6.07) is 21.6. The Hall–Kier alpha value is -1.82. The molecular weight excluding hydrogens is 228 g/mol. The molecule has 0 nitrogen and oxygen atoms in total. The van der Waals surface area contributed by atoms with Crippen molar-refractivity contribution in [2.75, 3.05) is 0 Å². The lowest BCUT2D eigenvalue weighted by molar-refractivity contribution is 0.708. The van der Waals surface area contributed by atoms with Gasteiger partial charge in [-0.2, -0.15) is 0 Å². The number of hydrogen-bond acceptors (Lipinski definition) is 0. The summed E-state index contributed by atoms with van der Waals surface area (Å²) in [6.45, 7) is 0. The van der Waals surface area contributed by atoms with E-state index in [4.69, 9.17) is 0 Å². The van der Waals surface area contributed by atoms with Crippen molar-refractivity contribution in [1.29, 1.82) is 0 Å². The molecule has 0 aromatic heterocycles. The van der Waals surface area contributed by atoms with E-state index in [-0.39, 0.29) is 0 Å². The maximum Gasteiger partial charge on any atom is -0.0156 e. The zero-order valence-electron chi connectivity index (χ0n) is 11.3. The molecule has 96 valence electrons. The van der Waals surface area contributed by atoms with Crippen molar-refractivity contribution in [3.63, 3.8) is 0 Å². The van der Waals surface area contributed by atoms with Gasteiger partial charge in [-0.1, -0.05) is 79.6 Å². The third kappa shape index (κ3) is 2.96. The molecule has 2 aromatic carbocycles. The third-order valence-corrected chi connectivity index (χ3v) is 4.02. The lowest BCUT2D eigenvalue weighted by Gasteiger charge is -2.15. The second-order valence-corrected chi connectivity index (χ2v) is 5.36. The van der Waals surface area contributed by atoms with Gasteiger partial charge in [-0.25, -0.2) is 0 Å². The topological polar surface area (TPSA) is 0 Å². The van der Waals surface area contributed by atoms with Crippen LogP contribution < -0.4 is 0 Å². The molecule has 0 saturated heterocycles. The monoisotopic (exact) mass is 248 g/mol. The van der Waals surface area contributed by atoms with Crippen LogP contribution in [0.3, 0.4) is 0 Å². The summed E-state index contributed by atoms with van der Waals surface area (Å²) in [6.07, 6.45) is 7.82. The molecule has 0 aliphatic heterocycles. The summed E-state index contributed by atoms with van der Waals surface area (Å²) in [5.41, 5.74) is 4.22. The van der Waals surface area contributed by atoms with Crippen LogP contribution >= 0.6 is 0 Å². The molecule has 0 spiro atoms. The van der Waals surface area contributed by atoms with Gasteiger partial charge in [0.05, 0.1) is 0 Å². The average Bonchev–Trinajstić information content (AvgIpc) is 3.01. The lowest BCUT2D eigenvalue weighted by atomic mass is 9.89. The fraction of sp³-hybridized carbons (Fsp3) is 0.263. The van der Waals surface area contributed by atoms with Crippen molar-refractivity contribution in [2.24, 2.45) is 5.92 Å². The summed E-state index contributed by atoms with van der Waals surface area (Å²) >= 11 is 0. The predicted molar refractivity (Wildman–Crippen MR) is 82.7 cm³/mol. The number of hydrogen-bond donors (Lipinski definition) is 0.